The molecule has 0 saturated carbocycles. The lowest BCUT2D eigenvalue weighted by Crippen LogP contribution is -2.22. The van der Waals surface area contributed by atoms with Crippen LogP contribution in [0.1, 0.15) is 29.9 Å². The highest BCUT2D eigenvalue weighted by Gasteiger charge is 2.22. The monoisotopic (exact) mass is 336 g/mol. The Balaban J connectivity index is 2.10. The molecule has 0 spiro atoms. The van der Waals surface area contributed by atoms with Crippen molar-refractivity contribution in [3.8, 4) is 0 Å². The smallest absolute Gasteiger partial charge is 0.275 e. The van der Waals surface area contributed by atoms with Crippen LogP contribution in [0.3, 0.4) is 0 Å². The lowest BCUT2D eigenvalue weighted by molar-refractivity contribution is 0.225. The van der Waals surface area contributed by atoms with E-state index in [9.17, 15) is 8.42 Å². The van der Waals surface area contributed by atoms with Gasteiger partial charge in [0.25, 0.3) is 10.0 Å². The van der Waals surface area contributed by atoms with Gasteiger partial charge in [-0.05, 0) is 38.6 Å². The van der Waals surface area contributed by atoms with E-state index in [0.29, 0.717) is 12.3 Å². The summed E-state index contributed by atoms with van der Waals surface area (Å²) in [5.74, 6) is 0.631. The average Bonchev–Trinajstić information content (AvgIpc) is 2.96. The molecular weight excluding hydrogens is 312 g/mol. The maximum absolute atomic E-state index is 12.0. The molecule has 2 aromatic rings. The fourth-order valence-electron chi connectivity index (χ4n) is 2.24. The van der Waals surface area contributed by atoms with Crippen LogP contribution in [0.4, 0.5) is 0 Å². The summed E-state index contributed by atoms with van der Waals surface area (Å²) < 4.78 is 30.7. The van der Waals surface area contributed by atoms with Crippen LogP contribution in [0.15, 0.2) is 45.9 Å². The Kier molecular flexibility index (Phi) is 5.29. The van der Waals surface area contributed by atoms with Gasteiger partial charge in [-0.1, -0.05) is 29.8 Å². The van der Waals surface area contributed by atoms with Gasteiger partial charge in [0.2, 0.25) is 5.09 Å². The molecule has 1 heterocycles. The maximum Gasteiger partial charge on any atom is 0.275 e. The number of hydrogen-bond acceptors (Lipinski definition) is 4. The van der Waals surface area contributed by atoms with E-state index in [4.69, 9.17) is 4.42 Å². The lowest BCUT2D eigenvalue weighted by Gasteiger charge is -2.24. The Labute approximate surface area is 138 Å². The van der Waals surface area contributed by atoms with Crippen molar-refractivity contribution in [2.24, 2.45) is 0 Å². The standard InChI is InChI=1S/C17H24N2O3S/c1-13-6-8-15(9-7-13)14(2)19(5)12-16-10-11-17(22-16)23(20,21)18(3)4/h6-11,14H,12H2,1-5H3/t14-/m1/s1. The van der Waals surface area contributed by atoms with Crippen LogP contribution in [-0.4, -0.2) is 38.8 Å². The molecule has 0 N–H and O–H groups in total. The maximum atomic E-state index is 12.0. The zero-order valence-electron chi connectivity index (χ0n) is 14.3. The Morgan fingerprint density at radius 2 is 1.65 bits per heavy atom. The van der Waals surface area contributed by atoms with Crippen molar-refractivity contribution in [1.82, 2.24) is 9.21 Å². The molecule has 0 aliphatic rings. The first-order valence-corrected chi connectivity index (χ1v) is 8.94. The van der Waals surface area contributed by atoms with E-state index in [-0.39, 0.29) is 11.1 Å². The highest BCUT2D eigenvalue weighted by atomic mass is 32.2. The van der Waals surface area contributed by atoms with Crippen LogP contribution in [0.25, 0.3) is 0 Å². The number of hydrogen-bond donors (Lipinski definition) is 0. The number of rotatable bonds is 6. The molecule has 0 fully saturated rings. The second-order valence-electron chi connectivity index (χ2n) is 6.01. The number of sulfonamides is 1. The second kappa shape index (κ2) is 6.86. The molecule has 0 unspecified atom stereocenters. The lowest BCUT2D eigenvalue weighted by atomic mass is 10.1. The number of furan rings is 1. The van der Waals surface area contributed by atoms with Gasteiger partial charge in [-0.3, -0.25) is 4.90 Å². The van der Waals surface area contributed by atoms with Crippen molar-refractivity contribution in [2.45, 2.75) is 31.5 Å². The van der Waals surface area contributed by atoms with Gasteiger partial charge in [-0.2, -0.15) is 0 Å². The van der Waals surface area contributed by atoms with Crippen molar-refractivity contribution < 1.29 is 12.8 Å². The third-order valence-corrected chi connectivity index (χ3v) is 5.69. The topological polar surface area (TPSA) is 53.8 Å². The molecule has 126 valence electrons. The first-order chi connectivity index (χ1) is 10.7. The van der Waals surface area contributed by atoms with Crippen LogP contribution in [0.2, 0.25) is 0 Å². The largest absolute Gasteiger partial charge is 0.447 e. The summed E-state index contributed by atoms with van der Waals surface area (Å²) in [6, 6.07) is 11.8. The van der Waals surface area contributed by atoms with E-state index < -0.39 is 10.0 Å². The highest BCUT2D eigenvalue weighted by molar-refractivity contribution is 7.88. The molecule has 1 atom stereocenters. The summed E-state index contributed by atoms with van der Waals surface area (Å²) in [4.78, 5) is 2.12. The molecule has 23 heavy (non-hydrogen) atoms. The summed E-state index contributed by atoms with van der Waals surface area (Å²) in [6.07, 6.45) is 0. The Morgan fingerprint density at radius 1 is 1.04 bits per heavy atom. The SMILES string of the molecule is Cc1ccc([C@@H](C)N(C)Cc2ccc(S(=O)(=O)N(C)C)o2)cc1. The van der Waals surface area contributed by atoms with E-state index >= 15 is 0 Å². The van der Waals surface area contributed by atoms with Gasteiger partial charge in [0.15, 0.2) is 0 Å². The van der Waals surface area contributed by atoms with Crippen molar-refractivity contribution >= 4 is 10.0 Å². The van der Waals surface area contributed by atoms with Crippen molar-refractivity contribution in [1.29, 1.82) is 0 Å². The van der Waals surface area contributed by atoms with Gasteiger partial charge >= 0.3 is 0 Å². The first-order valence-electron chi connectivity index (χ1n) is 7.50. The molecule has 0 bridgehead atoms. The normalized spacial score (nSPS) is 13.7. The van der Waals surface area contributed by atoms with Crippen molar-refractivity contribution in [3.05, 3.63) is 53.3 Å². The molecule has 0 amide bonds. The predicted molar refractivity (Wildman–Crippen MR) is 90.6 cm³/mol. The van der Waals surface area contributed by atoms with Crippen LogP contribution in [-0.2, 0) is 16.6 Å². The van der Waals surface area contributed by atoms with Gasteiger partial charge in [0, 0.05) is 20.1 Å². The molecule has 6 heteroatoms. The Hall–Kier alpha value is -1.63. The van der Waals surface area contributed by atoms with E-state index in [1.54, 1.807) is 6.07 Å². The van der Waals surface area contributed by atoms with Crippen LogP contribution in [0, 0.1) is 6.92 Å². The predicted octanol–water partition coefficient (Wildman–Crippen LogP) is 3.03. The summed E-state index contributed by atoms with van der Waals surface area (Å²) >= 11 is 0. The Morgan fingerprint density at radius 3 is 2.22 bits per heavy atom. The fourth-order valence-corrected chi connectivity index (χ4v) is 3.06. The summed E-state index contributed by atoms with van der Waals surface area (Å²) in [5.41, 5.74) is 2.44. The summed E-state index contributed by atoms with van der Waals surface area (Å²) in [7, 11) is 1.45. The molecule has 5 nitrogen and oxygen atoms in total. The minimum absolute atomic E-state index is 0.0195. The van der Waals surface area contributed by atoms with Gasteiger partial charge in [0.1, 0.15) is 5.76 Å². The van der Waals surface area contributed by atoms with Gasteiger partial charge < -0.3 is 4.42 Å². The molecule has 0 radical (unpaired) electrons. The number of aryl methyl sites for hydroxylation is 1. The Bertz CT molecular complexity index is 748. The van der Waals surface area contributed by atoms with Crippen LogP contribution >= 0.6 is 0 Å². The van der Waals surface area contributed by atoms with E-state index in [1.165, 1.54) is 31.3 Å². The molecule has 2 rings (SSSR count). The number of benzene rings is 1. The molecule has 1 aromatic heterocycles. The van der Waals surface area contributed by atoms with E-state index in [1.807, 2.05) is 7.05 Å². The highest BCUT2D eigenvalue weighted by Crippen LogP contribution is 2.23. The summed E-state index contributed by atoms with van der Waals surface area (Å²) in [6.45, 7) is 4.72. The zero-order chi connectivity index (χ0) is 17.2. The van der Waals surface area contributed by atoms with Gasteiger partial charge in [0.05, 0.1) is 6.54 Å². The molecule has 0 aliphatic carbocycles. The average molecular weight is 336 g/mol. The molecule has 1 aromatic carbocycles. The molecule has 0 saturated heterocycles. The van der Waals surface area contributed by atoms with E-state index in [0.717, 1.165) is 4.31 Å². The third-order valence-electron chi connectivity index (χ3n) is 4.00. The zero-order valence-corrected chi connectivity index (χ0v) is 15.1. The number of nitrogens with zero attached hydrogens (tertiary/aromatic N) is 2. The van der Waals surface area contributed by atoms with E-state index in [2.05, 4.69) is 43.0 Å². The van der Waals surface area contributed by atoms with Crippen molar-refractivity contribution in [2.75, 3.05) is 21.1 Å². The molecular formula is C17H24N2O3S. The van der Waals surface area contributed by atoms with Crippen molar-refractivity contribution in [3.63, 3.8) is 0 Å². The fraction of sp³-hybridized carbons (Fsp3) is 0.412. The van der Waals surface area contributed by atoms with Crippen LogP contribution in [0.5, 0.6) is 0 Å². The minimum Gasteiger partial charge on any atom is -0.447 e. The minimum atomic E-state index is -3.52. The van der Waals surface area contributed by atoms with Crippen LogP contribution < -0.4 is 0 Å². The molecule has 0 aliphatic heterocycles. The quantitative estimate of drug-likeness (QED) is 0.814. The first kappa shape index (κ1) is 17.7. The van der Waals surface area contributed by atoms with Gasteiger partial charge in [-0.15, -0.1) is 0 Å². The second-order valence-corrected chi connectivity index (χ2v) is 8.09. The van der Waals surface area contributed by atoms with Gasteiger partial charge in [-0.25, -0.2) is 12.7 Å². The third kappa shape index (κ3) is 4.02. The summed E-state index contributed by atoms with van der Waals surface area (Å²) in [5, 5.41) is -0.0195.